The van der Waals surface area contributed by atoms with E-state index in [-0.39, 0.29) is 11.7 Å². The van der Waals surface area contributed by atoms with Gasteiger partial charge in [0.15, 0.2) is 0 Å². The maximum Gasteiger partial charge on any atom is 0.251 e. The molecule has 2 aromatic carbocycles. The van der Waals surface area contributed by atoms with Crippen molar-refractivity contribution in [3.05, 3.63) is 82.7 Å². The second kappa shape index (κ2) is 8.55. The summed E-state index contributed by atoms with van der Waals surface area (Å²) in [7, 11) is -3.22. The van der Waals surface area contributed by atoms with Gasteiger partial charge in [-0.05, 0) is 61.7 Å². The number of hydrogen-bond donors (Lipinski definition) is 1. The quantitative estimate of drug-likeness (QED) is 0.641. The summed E-state index contributed by atoms with van der Waals surface area (Å²) in [6.45, 7) is 5.59. The molecule has 1 N–H and O–H groups in total. The van der Waals surface area contributed by atoms with Crippen LogP contribution >= 0.6 is 0 Å². The molecule has 4 rings (SSSR count). The predicted molar refractivity (Wildman–Crippen MR) is 121 cm³/mol. The minimum atomic E-state index is -3.22. The van der Waals surface area contributed by atoms with Crippen molar-refractivity contribution in [1.82, 2.24) is 15.1 Å². The zero-order valence-electron chi connectivity index (χ0n) is 17.7. The monoisotopic (exact) mass is 438 g/mol. The Kier molecular flexibility index (Phi) is 5.82. The Morgan fingerprint density at radius 3 is 2.45 bits per heavy atom. The van der Waals surface area contributed by atoms with Gasteiger partial charge in [-0.2, -0.15) is 5.10 Å². The van der Waals surface area contributed by atoms with Gasteiger partial charge in [0.05, 0.1) is 23.7 Å². The second-order valence-corrected chi connectivity index (χ2v) is 9.89. The number of amides is 1. The van der Waals surface area contributed by atoms with Crippen molar-refractivity contribution in [3.63, 3.8) is 0 Å². The molecule has 1 aliphatic rings. The van der Waals surface area contributed by atoms with Crippen molar-refractivity contribution in [1.29, 1.82) is 0 Å². The average molecular weight is 439 g/mol. The number of hydrogen-bond acceptors (Lipinski definition) is 4. The number of carbonyl (C=O) groups excluding carboxylic acids is 1. The third-order valence-electron chi connectivity index (χ3n) is 5.40. The molecule has 1 aliphatic heterocycles. The molecule has 162 valence electrons. The van der Waals surface area contributed by atoms with Crippen LogP contribution < -0.4 is 9.62 Å². The number of benzene rings is 2. The summed E-state index contributed by atoms with van der Waals surface area (Å²) in [5, 5.41) is 7.43. The lowest BCUT2D eigenvalue weighted by Crippen LogP contribution is -2.25. The number of aryl methyl sites for hydroxylation is 2. The van der Waals surface area contributed by atoms with E-state index in [0.717, 1.165) is 22.5 Å². The van der Waals surface area contributed by atoms with Gasteiger partial charge in [-0.25, -0.2) is 8.42 Å². The summed E-state index contributed by atoms with van der Waals surface area (Å²) in [6, 6.07) is 16.8. The summed E-state index contributed by atoms with van der Waals surface area (Å²) < 4.78 is 27.5. The number of rotatable bonds is 6. The van der Waals surface area contributed by atoms with Crippen molar-refractivity contribution in [2.45, 2.75) is 33.4 Å². The third kappa shape index (κ3) is 4.80. The van der Waals surface area contributed by atoms with Gasteiger partial charge in [-0.1, -0.05) is 24.3 Å². The lowest BCUT2D eigenvalue weighted by molar-refractivity contribution is 0.0951. The number of sulfonamides is 1. The molecule has 1 fully saturated rings. The van der Waals surface area contributed by atoms with Gasteiger partial charge in [0.25, 0.3) is 5.91 Å². The Bertz CT molecular complexity index is 1200. The van der Waals surface area contributed by atoms with E-state index in [1.54, 1.807) is 24.3 Å². The summed E-state index contributed by atoms with van der Waals surface area (Å²) in [5.74, 6) is -0.0202. The van der Waals surface area contributed by atoms with Crippen molar-refractivity contribution in [2.24, 2.45) is 0 Å². The number of nitrogens with zero attached hydrogens (tertiary/aromatic N) is 3. The van der Waals surface area contributed by atoms with E-state index in [1.165, 1.54) is 4.31 Å². The van der Waals surface area contributed by atoms with Crippen molar-refractivity contribution >= 4 is 21.6 Å². The maximum atomic E-state index is 12.5. The van der Waals surface area contributed by atoms with Crippen LogP contribution in [0, 0.1) is 13.8 Å². The molecule has 8 heteroatoms. The normalized spacial score (nSPS) is 15.2. The van der Waals surface area contributed by atoms with Gasteiger partial charge < -0.3 is 5.32 Å². The molecule has 7 nitrogen and oxygen atoms in total. The SMILES string of the molecule is Cc1cc(C)n(Cc2cccc(CNC(=O)c3ccc(N4CCCS4(=O)=O)cc3)c2)n1. The van der Waals surface area contributed by atoms with Crippen LogP contribution in [0.25, 0.3) is 0 Å². The van der Waals surface area contributed by atoms with Crippen LogP contribution in [0.3, 0.4) is 0 Å². The Morgan fingerprint density at radius 1 is 1.06 bits per heavy atom. The molecule has 1 aromatic heterocycles. The van der Waals surface area contributed by atoms with E-state index >= 15 is 0 Å². The van der Waals surface area contributed by atoms with Crippen LogP contribution in [0.5, 0.6) is 0 Å². The molecular formula is C23H26N4O3S. The number of anilines is 1. The van der Waals surface area contributed by atoms with Crippen LogP contribution in [0.15, 0.2) is 54.6 Å². The smallest absolute Gasteiger partial charge is 0.251 e. The van der Waals surface area contributed by atoms with Crippen LogP contribution in [-0.2, 0) is 23.1 Å². The van der Waals surface area contributed by atoms with E-state index in [4.69, 9.17) is 0 Å². The van der Waals surface area contributed by atoms with E-state index in [1.807, 2.05) is 36.7 Å². The molecule has 0 bridgehead atoms. The summed E-state index contributed by atoms with van der Waals surface area (Å²) in [4.78, 5) is 12.5. The molecule has 3 aromatic rings. The van der Waals surface area contributed by atoms with Crippen LogP contribution in [0.2, 0.25) is 0 Å². The van der Waals surface area contributed by atoms with Crippen LogP contribution in [0.4, 0.5) is 5.69 Å². The van der Waals surface area contributed by atoms with E-state index in [2.05, 4.69) is 22.5 Å². The minimum Gasteiger partial charge on any atom is -0.348 e. The van der Waals surface area contributed by atoms with E-state index in [0.29, 0.717) is 37.3 Å². The Hall–Kier alpha value is -3.13. The zero-order chi connectivity index (χ0) is 22.0. The molecular weight excluding hydrogens is 412 g/mol. The highest BCUT2D eigenvalue weighted by molar-refractivity contribution is 7.93. The van der Waals surface area contributed by atoms with Crippen LogP contribution in [-0.4, -0.2) is 36.4 Å². The van der Waals surface area contributed by atoms with Crippen molar-refractivity contribution in [3.8, 4) is 0 Å². The number of carbonyl (C=O) groups is 1. The van der Waals surface area contributed by atoms with Gasteiger partial charge in [0.2, 0.25) is 10.0 Å². The van der Waals surface area contributed by atoms with Gasteiger partial charge in [-0.3, -0.25) is 13.8 Å². The Balaban J connectivity index is 1.38. The summed E-state index contributed by atoms with van der Waals surface area (Å²) in [5.41, 5.74) is 5.34. The largest absolute Gasteiger partial charge is 0.348 e. The van der Waals surface area contributed by atoms with E-state index < -0.39 is 10.0 Å². The van der Waals surface area contributed by atoms with Crippen molar-refractivity contribution in [2.75, 3.05) is 16.6 Å². The first-order chi connectivity index (χ1) is 14.8. The third-order valence-corrected chi connectivity index (χ3v) is 7.27. The highest BCUT2D eigenvalue weighted by atomic mass is 32.2. The highest BCUT2D eigenvalue weighted by Gasteiger charge is 2.28. The summed E-state index contributed by atoms with van der Waals surface area (Å²) in [6.07, 6.45) is 0.628. The molecule has 1 saturated heterocycles. The highest BCUT2D eigenvalue weighted by Crippen LogP contribution is 2.24. The Morgan fingerprint density at radius 2 is 1.81 bits per heavy atom. The summed E-state index contributed by atoms with van der Waals surface area (Å²) >= 11 is 0. The standard InChI is InChI=1S/C23H26N4O3S/c1-17-13-18(2)26(25-17)16-20-6-3-5-19(14-20)15-24-23(28)21-7-9-22(10-8-21)27-11-4-12-31(27,29)30/h3,5-10,13-14H,4,11-12,15-16H2,1-2H3,(H,24,28). The fourth-order valence-electron chi connectivity index (χ4n) is 3.84. The molecule has 0 aliphatic carbocycles. The predicted octanol–water partition coefficient (Wildman–Crippen LogP) is 3.02. The molecule has 2 heterocycles. The molecule has 31 heavy (non-hydrogen) atoms. The number of aromatic nitrogens is 2. The van der Waals surface area contributed by atoms with Gasteiger partial charge in [0, 0.05) is 24.3 Å². The Labute approximate surface area is 182 Å². The fraction of sp³-hybridized carbons (Fsp3) is 0.304. The second-order valence-electron chi connectivity index (χ2n) is 7.88. The first-order valence-electron chi connectivity index (χ1n) is 10.3. The van der Waals surface area contributed by atoms with E-state index in [9.17, 15) is 13.2 Å². The first-order valence-corrected chi connectivity index (χ1v) is 11.9. The van der Waals surface area contributed by atoms with Gasteiger partial charge in [0.1, 0.15) is 0 Å². The van der Waals surface area contributed by atoms with Gasteiger partial charge in [-0.15, -0.1) is 0 Å². The van der Waals surface area contributed by atoms with Gasteiger partial charge >= 0.3 is 0 Å². The fourth-order valence-corrected chi connectivity index (χ4v) is 5.40. The lowest BCUT2D eigenvalue weighted by Gasteiger charge is -2.17. The van der Waals surface area contributed by atoms with Crippen molar-refractivity contribution < 1.29 is 13.2 Å². The molecule has 0 spiro atoms. The molecule has 0 radical (unpaired) electrons. The number of nitrogens with one attached hydrogen (secondary N) is 1. The lowest BCUT2D eigenvalue weighted by atomic mass is 10.1. The first kappa shape index (κ1) is 21.1. The molecule has 0 unspecified atom stereocenters. The minimum absolute atomic E-state index is 0.174. The topological polar surface area (TPSA) is 84.3 Å². The molecule has 0 saturated carbocycles. The molecule has 0 atom stereocenters. The van der Waals surface area contributed by atoms with Crippen LogP contribution in [0.1, 0.15) is 39.3 Å². The average Bonchev–Trinajstić information content (AvgIpc) is 3.26. The zero-order valence-corrected chi connectivity index (χ0v) is 18.5. The maximum absolute atomic E-state index is 12.5. The molecule has 1 amide bonds.